The van der Waals surface area contributed by atoms with E-state index in [1.54, 1.807) is 29.7 Å². The molecule has 0 bridgehead atoms. The van der Waals surface area contributed by atoms with Crippen LogP contribution in [0.4, 0.5) is 0 Å². The molecule has 0 unspecified atom stereocenters. The van der Waals surface area contributed by atoms with Crippen LogP contribution in [0.1, 0.15) is 65.4 Å². The van der Waals surface area contributed by atoms with Crippen LogP contribution in [0.25, 0.3) is 0 Å². The van der Waals surface area contributed by atoms with Crippen molar-refractivity contribution in [1.29, 1.82) is 0 Å². The van der Waals surface area contributed by atoms with E-state index in [9.17, 15) is 4.79 Å². The Morgan fingerprint density at radius 2 is 1.93 bits per heavy atom. The van der Waals surface area contributed by atoms with Gasteiger partial charge in [-0.15, -0.1) is 16.4 Å². The number of hydrogen-bond acceptors (Lipinski definition) is 7. The van der Waals surface area contributed by atoms with Gasteiger partial charge in [0.05, 0.1) is 12.3 Å². The SMILES string of the molecule is O=C(c1ccco1)N1CCN([C@@H](c2cccs2)c2nnnn2C2CCCCC2)CC1. The van der Waals surface area contributed by atoms with Crippen LogP contribution in [-0.2, 0) is 0 Å². The second-order valence-corrected chi connectivity index (χ2v) is 8.98. The predicted octanol–water partition coefficient (Wildman–Crippen LogP) is 3.38. The van der Waals surface area contributed by atoms with E-state index in [0.717, 1.165) is 31.8 Å². The monoisotopic (exact) mass is 426 g/mol. The Hall–Kier alpha value is -2.52. The van der Waals surface area contributed by atoms with Gasteiger partial charge in [-0.2, -0.15) is 0 Å². The first-order chi connectivity index (χ1) is 14.8. The molecule has 3 aromatic rings. The van der Waals surface area contributed by atoms with E-state index in [4.69, 9.17) is 4.42 Å². The summed E-state index contributed by atoms with van der Waals surface area (Å²) in [5, 5.41) is 15.1. The van der Waals surface area contributed by atoms with Crippen LogP contribution in [0, 0.1) is 0 Å². The Kier molecular flexibility index (Phi) is 5.63. The Bertz CT molecular complexity index is 940. The maximum atomic E-state index is 12.6. The van der Waals surface area contributed by atoms with E-state index in [2.05, 4.69) is 42.6 Å². The zero-order valence-corrected chi connectivity index (χ0v) is 17.7. The third kappa shape index (κ3) is 3.79. The zero-order valence-electron chi connectivity index (χ0n) is 16.9. The number of amides is 1. The van der Waals surface area contributed by atoms with Crippen molar-refractivity contribution in [3.63, 3.8) is 0 Å². The van der Waals surface area contributed by atoms with Crippen LogP contribution in [-0.4, -0.2) is 62.1 Å². The lowest BCUT2D eigenvalue weighted by molar-refractivity contribution is 0.0559. The molecule has 30 heavy (non-hydrogen) atoms. The highest BCUT2D eigenvalue weighted by atomic mass is 32.1. The number of aromatic nitrogens is 4. The molecule has 2 aliphatic rings. The summed E-state index contributed by atoms with van der Waals surface area (Å²) in [6.07, 6.45) is 7.60. The molecular weight excluding hydrogens is 400 g/mol. The number of carbonyl (C=O) groups excluding carboxylic acids is 1. The zero-order chi connectivity index (χ0) is 20.3. The van der Waals surface area contributed by atoms with E-state index >= 15 is 0 Å². The van der Waals surface area contributed by atoms with Crippen molar-refractivity contribution in [3.05, 3.63) is 52.4 Å². The molecule has 4 heterocycles. The molecule has 1 saturated heterocycles. The van der Waals surface area contributed by atoms with Gasteiger partial charge in [-0.05, 0) is 46.8 Å². The van der Waals surface area contributed by atoms with E-state index in [1.165, 1.54) is 24.1 Å². The largest absolute Gasteiger partial charge is 0.459 e. The van der Waals surface area contributed by atoms with Crippen molar-refractivity contribution >= 4 is 17.2 Å². The molecule has 5 rings (SSSR count). The smallest absolute Gasteiger partial charge is 0.289 e. The summed E-state index contributed by atoms with van der Waals surface area (Å²) in [5.41, 5.74) is 0. The summed E-state index contributed by atoms with van der Waals surface area (Å²) in [5.74, 6) is 1.29. The molecular formula is C21H26N6O2S. The fraction of sp³-hybridized carbons (Fsp3) is 0.524. The second-order valence-electron chi connectivity index (χ2n) is 8.00. The topological polar surface area (TPSA) is 80.3 Å². The number of piperazine rings is 1. The molecule has 0 spiro atoms. The molecule has 3 aromatic heterocycles. The van der Waals surface area contributed by atoms with Crippen molar-refractivity contribution < 1.29 is 9.21 Å². The molecule has 1 amide bonds. The second kappa shape index (κ2) is 8.69. The first-order valence-corrected chi connectivity index (χ1v) is 11.6. The summed E-state index contributed by atoms with van der Waals surface area (Å²) >= 11 is 1.74. The summed E-state index contributed by atoms with van der Waals surface area (Å²) in [4.78, 5) is 18.1. The number of rotatable bonds is 5. The Labute approximate surface area is 179 Å². The van der Waals surface area contributed by atoms with Crippen molar-refractivity contribution in [3.8, 4) is 0 Å². The predicted molar refractivity (Wildman–Crippen MR) is 112 cm³/mol. The maximum absolute atomic E-state index is 12.6. The van der Waals surface area contributed by atoms with Crippen LogP contribution < -0.4 is 0 Å². The van der Waals surface area contributed by atoms with E-state index in [-0.39, 0.29) is 11.9 Å². The molecule has 1 aliphatic carbocycles. The first kappa shape index (κ1) is 19.4. The lowest BCUT2D eigenvalue weighted by atomic mass is 9.95. The van der Waals surface area contributed by atoms with E-state index in [1.807, 2.05) is 4.90 Å². The lowest BCUT2D eigenvalue weighted by Crippen LogP contribution is -2.50. The minimum Gasteiger partial charge on any atom is -0.459 e. The summed E-state index contributed by atoms with van der Waals surface area (Å²) in [6, 6.07) is 8.12. The average Bonchev–Trinajstić information content (AvgIpc) is 3.57. The van der Waals surface area contributed by atoms with Gasteiger partial charge in [-0.1, -0.05) is 25.3 Å². The summed E-state index contributed by atoms with van der Waals surface area (Å²) in [6.45, 7) is 2.86. The van der Waals surface area contributed by atoms with Crippen molar-refractivity contribution in [2.75, 3.05) is 26.2 Å². The minimum atomic E-state index is -0.0423. The number of thiophene rings is 1. The van der Waals surface area contributed by atoms with Gasteiger partial charge >= 0.3 is 0 Å². The standard InChI is InChI=1S/C21H26N6O2S/c28-21(17-8-4-14-29-17)26-12-10-25(11-13-26)19(18-9-5-15-30-18)20-22-23-24-27(20)16-6-2-1-3-7-16/h4-5,8-9,14-16,19H,1-3,6-7,10-13H2/t19-/m0/s1. The Morgan fingerprint density at radius 3 is 2.63 bits per heavy atom. The van der Waals surface area contributed by atoms with Crippen LogP contribution in [0.15, 0.2) is 40.3 Å². The van der Waals surface area contributed by atoms with Gasteiger partial charge in [0, 0.05) is 31.1 Å². The van der Waals surface area contributed by atoms with Gasteiger partial charge in [0.15, 0.2) is 11.6 Å². The first-order valence-electron chi connectivity index (χ1n) is 10.7. The van der Waals surface area contributed by atoms with Crippen LogP contribution >= 0.6 is 11.3 Å². The Balaban J connectivity index is 1.37. The molecule has 1 atom stereocenters. The fourth-order valence-corrected chi connectivity index (χ4v) is 5.48. The molecule has 2 fully saturated rings. The van der Waals surface area contributed by atoms with Crippen LogP contribution in [0.2, 0.25) is 0 Å². The molecule has 0 aromatic carbocycles. The van der Waals surface area contributed by atoms with Gasteiger partial charge in [0.25, 0.3) is 5.91 Å². The maximum Gasteiger partial charge on any atom is 0.289 e. The molecule has 1 aliphatic heterocycles. The average molecular weight is 427 g/mol. The quantitative estimate of drug-likeness (QED) is 0.622. The van der Waals surface area contributed by atoms with Crippen LogP contribution in [0.5, 0.6) is 0 Å². The van der Waals surface area contributed by atoms with Gasteiger partial charge in [0.2, 0.25) is 0 Å². The fourth-order valence-electron chi connectivity index (χ4n) is 4.62. The Morgan fingerprint density at radius 1 is 1.10 bits per heavy atom. The number of tetrazole rings is 1. The molecule has 0 radical (unpaired) electrons. The molecule has 8 nitrogen and oxygen atoms in total. The molecule has 1 saturated carbocycles. The number of nitrogens with zero attached hydrogens (tertiary/aromatic N) is 6. The third-order valence-corrected chi connectivity index (χ3v) is 7.12. The highest BCUT2D eigenvalue weighted by Gasteiger charge is 2.34. The van der Waals surface area contributed by atoms with Crippen molar-refractivity contribution in [2.24, 2.45) is 0 Å². The number of carbonyl (C=O) groups is 1. The van der Waals surface area contributed by atoms with Gasteiger partial charge in [0.1, 0.15) is 6.04 Å². The van der Waals surface area contributed by atoms with Gasteiger partial charge in [-0.25, -0.2) is 4.68 Å². The summed E-state index contributed by atoms with van der Waals surface area (Å²) in [7, 11) is 0. The molecule has 158 valence electrons. The van der Waals surface area contributed by atoms with Crippen LogP contribution in [0.3, 0.4) is 0 Å². The molecule has 0 N–H and O–H groups in total. The number of hydrogen-bond donors (Lipinski definition) is 0. The summed E-state index contributed by atoms with van der Waals surface area (Å²) < 4.78 is 7.36. The lowest BCUT2D eigenvalue weighted by Gasteiger charge is -2.38. The highest BCUT2D eigenvalue weighted by molar-refractivity contribution is 7.10. The van der Waals surface area contributed by atoms with Gasteiger partial charge < -0.3 is 9.32 Å². The number of furan rings is 1. The van der Waals surface area contributed by atoms with Crippen molar-refractivity contribution in [2.45, 2.75) is 44.2 Å². The van der Waals surface area contributed by atoms with Crippen molar-refractivity contribution in [1.82, 2.24) is 30.0 Å². The highest BCUT2D eigenvalue weighted by Crippen LogP contribution is 2.35. The van der Waals surface area contributed by atoms with Gasteiger partial charge in [-0.3, -0.25) is 9.69 Å². The third-order valence-electron chi connectivity index (χ3n) is 6.19. The van der Waals surface area contributed by atoms with E-state index in [0.29, 0.717) is 24.9 Å². The molecule has 9 heteroatoms. The minimum absolute atomic E-state index is 0.0165. The van der Waals surface area contributed by atoms with E-state index < -0.39 is 0 Å². The normalized spacial score (nSPS) is 19.8.